The number of hydrogen-bond acceptors (Lipinski definition) is 2. The van der Waals surface area contributed by atoms with Gasteiger partial charge in [0.2, 0.25) is 5.91 Å². The van der Waals surface area contributed by atoms with E-state index in [1.807, 2.05) is 12.1 Å². The van der Waals surface area contributed by atoms with Crippen molar-refractivity contribution in [1.82, 2.24) is 0 Å². The first kappa shape index (κ1) is 16.4. The molecule has 4 nitrogen and oxygen atoms in total. The van der Waals surface area contributed by atoms with Crippen molar-refractivity contribution in [3.05, 3.63) is 63.5 Å². The van der Waals surface area contributed by atoms with E-state index in [4.69, 9.17) is 5.73 Å². The summed E-state index contributed by atoms with van der Waals surface area (Å²) in [4.78, 5) is 25.1. The first-order valence-electron chi connectivity index (χ1n) is 6.58. The molecule has 0 spiro atoms. The van der Waals surface area contributed by atoms with Crippen molar-refractivity contribution in [3.8, 4) is 0 Å². The first-order valence-corrected chi connectivity index (χ1v) is 7.66. The third kappa shape index (κ3) is 4.27. The molecule has 0 fully saturated rings. The van der Waals surface area contributed by atoms with Crippen LogP contribution in [0.4, 0.5) is 10.1 Å². The van der Waals surface area contributed by atoms with E-state index < -0.39 is 5.91 Å². The van der Waals surface area contributed by atoms with E-state index >= 15 is 0 Å². The molecule has 22 heavy (non-hydrogen) atoms. The molecule has 0 unspecified atom stereocenters. The summed E-state index contributed by atoms with van der Waals surface area (Å²) in [5.41, 5.74) is 6.18. The Morgan fingerprint density at radius 1 is 1.05 bits per heavy atom. The van der Waals surface area contributed by atoms with Crippen LogP contribution in [-0.2, 0) is 4.79 Å². The third-order valence-corrected chi connectivity index (χ3v) is 3.78. The molecule has 6 heteroatoms. The van der Waals surface area contributed by atoms with E-state index in [1.54, 1.807) is 12.1 Å². The molecule has 2 N–H and O–H groups in total. The topological polar surface area (TPSA) is 63.4 Å². The standard InChI is InChI=1S/C16H14FIN2O2/c17-12-3-7-14(8-4-12)20(10-9-15(19)21)16(22)11-1-5-13(18)6-2-11/h1-8H,9-10H2,(H2,19,21). The molecule has 0 bridgehead atoms. The number of carbonyl (C=O) groups excluding carboxylic acids is 2. The second kappa shape index (κ2) is 7.35. The van der Waals surface area contributed by atoms with Crippen LogP contribution in [0, 0.1) is 9.39 Å². The minimum atomic E-state index is -0.498. The minimum absolute atomic E-state index is 0.0352. The highest BCUT2D eigenvalue weighted by atomic mass is 127. The van der Waals surface area contributed by atoms with Crippen molar-refractivity contribution in [2.24, 2.45) is 5.73 Å². The lowest BCUT2D eigenvalue weighted by Gasteiger charge is -2.22. The predicted molar refractivity (Wildman–Crippen MR) is 91.0 cm³/mol. The quantitative estimate of drug-likeness (QED) is 0.768. The second-order valence-electron chi connectivity index (χ2n) is 4.66. The Kier molecular flexibility index (Phi) is 5.48. The van der Waals surface area contributed by atoms with Crippen molar-refractivity contribution < 1.29 is 14.0 Å². The fourth-order valence-corrected chi connectivity index (χ4v) is 2.30. The van der Waals surface area contributed by atoms with Gasteiger partial charge >= 0.3 is 0 Å². The minimum Gasteiger partial charge on any atom is -0.370 e. The van der Waals surface area contributed by atoms with E-state index in [9.17, 15) is 14.0 Å². The van der Waals surface area contributed by atoms with Gasteiger partial charge in [-0.2, -0.15) is 0 Å². The Balaban J connectivity index is 2.30. The average molecular weight is 412 g/mol. The number of primary amides is 1. The Hall–Kier alpha value is -1.96. The number of anilines is 1. The van der Waals surface area contributed by atoms with Crippen LogP contribution in [-0.4, -0.2) is 18.4 Å². The van der Waals surface area contributed by atoms with E-state index in [-0.39, 0.29) is 24.7 Å². The molecular weight excluding hydrogens is 398 g/mol. The molecule has 0 aliphatic carbocycles. The molecule has 2 aromatic carbocycles. The van der Waals surface area contributed by atoms with Gasteiger partial charge in [0, 0.05) is 27.8 Å². The Labute approximate surface area is 141 Å². The van der Waals surface area contributed by atoms with Gasteiger partial charge < -0.3 is 10.6 Å². The van der Waals surface area contributed by atoms with Gasteiger partial charge in [0.15, 0.2) is 0 Å². The number of halogens is 2. The molecule has 2 aromatic rings. The lowest BCUT2D eigenvalue weighted by Crippen LogP contribution is -2.34. The van der Waals surface area contributed by atoms with Gasteiger partial charge in [-0.25, -0.2) is 4.39 Å². The van der Waals surface area contributed by atoms with Crippen molar-refractivity contribution in [2.75, 3.05) is 11.4 Å². The van der Waals surface area contributed by atoms with Crippen molar-refractivity contribution >= 4 is 40.1 Å². The van der Waals surface area contributed by atoms with Gasteiger partial charge in [0.1, 0.15) is 5.82 Å². The number of rotatable bonds is 5. The van der Waals surface area contributed by atoms with Crippen LogP contribution < -0.4 is 10.6 Å². The van der Waals surface area contributed by atoms with Gasteiger partial charge in [0.25, 0.3) is 5.91 Å². The summed E-state index contributed by atoms with van der Waals surface area (Å²) in [5.74, 6) is -1.15. The van der Waals surface area contributed by atoms with Gasteiger partial charge in [-0.3, -0.25) is 9.59 Å². The van der Waals surface area contributed by atoms with Gasteiger partial charge in [-0.15, -0.1) is 0 Å². The summed E-state index contributed by atoms with van der Waals surface area (Å²) >= 11 is 2.15. The molecule has 0 saturated heterocycles. The smallest absolute Gasteiger partial charge is 0.258 e. The highest BCUT2D eigenvalue weighted by Gasteiger charge is 2.18. The maximum absolute atomic E-state index is 13.1. The van der Waals surface area contributed by atoms with E-state index in [0.717, 1.165) is 3.57 Å². The predicted octanol–water partition coefficient (Wildman–Crippen LogP) is 2.95. The molecule has 0 aromatic heterocycles. The maximum Gasteiger partial charge on any atom is 0.258 e. The Morgan fingerprint density at radius 3 is 2.18 bits per heavy atom. The van der Waals surface area contributed by atoms with Crippen LogP contribution in [0.3, 0.4) is 0 Å². The largest absolute Gasteiger partial charge is 0.370 e. The van der Waals surface area contributed by atoms with Crippen molar-refractivity contribution in [1.29, 1.82) is 0 Å². The highest BCUT2D eigenvalue weighted by Crippen LogP contribution is 2.19. The molecular formula is C16H14FIN2O2. The molecule has 0 saturated carbocycles. The summed E-state index contributed by atoms with van der Waals surface area (Å²) < 4.78 is 14.1. The van der Waals surface area contributed by atoms with Crippen LogP contribution in [0.5, 0.6) is 0 Å². The van der Waals surface area contributed by atoms with E-state index in [1.165, 1.54) is 29.2 Å². The zero-order valence-electron chi connectivity index (χ0n) is 11.6. The maximum atomic E-state index is 13.1. The van der Waals surface area contributed by atoms with Crippen LogP contribution >= 0.6 is 22.6 Å². The van der Waals surface area contributed by atoms with Crippen LogP contribution in [0.25, 0.3) is 0 Å². The molecule has 0 atom stereocenters. The summed E-state index contributed by atoms with van der Waals surface area (Å²) in [5, 5.41) is 0. The van der Waals surface area contributed by atoms with Crippen molar-refractivity contribution in [2.45, 2.75) is 6.42 Å². The van der Waals surface area contributed by atoms with Crippen LogP contribution in [0.2, 0.25) is 0 Å². The number of carbonyl (C=O) groups is 2. The molecule has 0 radical (unpaired) electrons. The summed E-state index contributed by atoms with van der Waals surface area (Å²) in [6, 6.07) is 12.6. The van der Waals surface area contributed by atoms with Crippen LogP contribution in [0.15, 0.2) is 48.5 Å². The molecule has 114 valence electrons. The van der Waals surface area contributed by atoms with E-state index in [2.05, 4.69) is 22.6 Å². The Morgan fingerprint density at radius 2 is 1.64 bits per heavy atom. The average Bonchev–Trinajstić information content (AvgIpc) is 2.49. The normalized spacial score (nSPS) is 10.3. The molecule has 0 heterocycles. The zero-order valence-corrected chi connectivity index (χ0v) is 13.8. The monoisotopic (exact) mass is 412 g/mol. The number of amides is 2. The Bertz CT molecular complexity index is 672. The lowest BCUT2D eigenvalue weighted by molar-refractivity contribution is -0.117. The molecule has 0 aliphatic rings. The van der Waals surface area contributed by atoms with Gasteiger partial charge in [0.05, 0.1) is 0 Å². The first-order chi connectivity index (χ1) is 10.5. The summed E-state index contributed by atoms with van der Waals surface area (Å²) in [6.07, 6.45) is 0.0352. The van der Waals surface area contributed by atoms with Crippen molar-refractivity contribution in [3.63, 3.8) is 0 Å². The summed E-state index contributed by atoms with van der Waals surface area (Å²) in [6.45, 7) is 0.145. The second-order valence-corrected chi connectivity index (χ2v) is 5.90. The van der Waals surface area contributed by atoms with Crippen LogP contribution in [0.1, 0.15) is 16.8 Å². The van der Waals surface area contributed by atoms with E-state index in [0.29, 0.717) is 11.3 Å². The number of hydrogen-bond donors (Lipinski definition) is 1. The lowest BCUT2D eigenvalue weighted by atomic mass is 10.1. The fourth-order valence-electron chi connectivity index (χ4n) is 1.94. The highest BCUT2D eigenvalue weighted by molar-refractivity contribution is 14.1. The molecule has 2 rings (SSSR count). The number of benzene rings is 2. The van der Waals surface area contributed by atoms with Gasteiger partial charge in [-0.1, -0.05) is 0 Å². The third-order valence-electron chi connectivity index (χ3n) is 3.06. The summed E-state index contributed by atoms with van der Waals surface area (Å²) in [7, 11) is 0. The SMILES string of the molecule is NC(=O)CCN(C(=O)c1ccc(I)cc1)c1ccc(F)cc1. The molecule has 2 amide bonds. The van der Waals surface area contributed by atoms with Gasteiger partial charge in [-0.05, 0) is 71.1 Å². The molecule has 0 aliphatic heterocycles. The number of nitrogens with two attached hydrogens (primary N) is 1. The number of nitrogens with zero attached hydrogens (tertiary/aromatic N) is 1. The zero-order chi connectivity index (χ0) is 16.1. The fraction of sp³-hybridized carbons (Fsp3) is 0.125.